The molecule has 0 aromatic carbocycles. The lowest BCUT2D eigenvalue weighted by atomic mass is 10.0. The molecule has 0 saturated heterocycles. The van der Waals surface area contributed by atoms with Gasteiger partial charge in [-0.25, -0.2) is 0 Å². The first-order chi connectivity index (χ1) is 20.5. The van der Waals surface area contributed by atoms with Gasteiger partial charge in [0, 0.05) is 0 Å². The van der Waals surface area contributed by atoms with Crippen molar-refractivity contribution in [3.63, 3.8) is 0 Å². The third-order valence-electron chi connectivity index (χ3n) is 8.24. The zero-order valence-corrected chi connectivity index (χ0v) is 27.9. The minimum atomic E-state index is -0.946. The lowest BCUT2D eigenvalue weighted by Gasteiger charge is -2.21. The standard InChI is InChI=1S/C37H71NO4/c1-3-5-7-9-11-13-14-15-16-17-18-19-20-21-22-23-25-27-29-31-36(41)35(33-39)38-37(42)32-34(40)30-28-26-24-12-10-8-6-4-2/h22-23,29,31,34-36,39-41H,3-21,24-28,30,32-33H2,1-2H3,(H,38,42)/b23-22+,31-29+. The van der Waals surface area contributed by atoms with Gasteiger partial charge < -0.3 is 20.6 Å². The van der Waals surface area contributed by atoms with Gasteiger partial charge in [-0.05, 0) is 32.1 Å². The minimum absolute atomic E-state index is 0.00742. The molecule has 0 aliphatic carbocycles. The van der Waals surface area contributed by atoms with Crippen LogP contribution in [0.2, 0.25) is 0 Å². The van der Waals surface area contributed by atoms with E-state index >= 15 is 0 Å². The third-order valence-corrected chi connectivity index (χ3v) is 8.24. The number of unbranched alkanes of at least 4 members (excludes halogenated alkanes) is 21. The minimum Gasteiger partial charge on any atom is -0.394 e. The van der Waals surface area contributed by atoms with Gasteiger partial charge in [0.25, 0.3) is 0 Å². The van der Waals surface area contributed by atoms with Crippen LogP contribution in [0.15, 0.2) is 24.3 Å². The summed E-state index contributed by atoms with van der Waals surface area (Å²) in [6.45, 7) is 4.15. The second-order valence-corrected chi connectivity index (χ2v) is 12.5. The van der Waals surface area contributed by atoms with Crippen LogP contribution in [-0.2, 0) is 4.79 Å². The van der Waals surface area contributed by atoms with Crippen molar-refractivity contribution < 1.29 is 20.1 Å². The van der Waals surface area contributed by atoms with Gasteiger partial charge in [-0.1, -0.05) is 167 Å². The summed E-state index contributed by atoms with van der Waals surface area (Å²) in [5.74, 6) is -0.329. The van der Waals surface area contributed by atoms with E-state index in [1.54, 1.807) is 6.08 Å². The Hall–Kier alpha value is -1.17. The van der Waals surface area contributed by atoms with Crippen LogP contribution in [0.25, 0.3) is 0 Å². The molecular weight excluding hydrogens is 522 g/mol. The molecule has 3 unspecified atom stereocenters. The van der Waals surface area contributed by atoms with Gasteiger partial charge in [0.05, 0.1) is 31.3 Å². The summed E-state index contributed by atoms with van der Waals surface area (Å²) in [7, 11) is 0. The van der Waals surface area contributed by atoms with Crippen molar-refractivity contribution in [1.82, 2.24) is 5.32 Å². The first-order valence-electron chi connectivity index (χ1n) is 18.1. The molecule has 5 heteroatoms. The summed E-state index contributed by atoms with van der Waals surface area (Å²) in [4.78, 5) is 12.3. The van der Waals surface area contributed by atoms with Gasteiger partial charge in [-0.3, -0.25) is 4.79 Å². The molecule has 0 radical (unpaired) electrons. The molecule has 0 heterocycles. The molecule has 248 valence electrons. The summed E-state index contributed by atoms with van der Waals surface area (Å²) < 4.78 is 0. The van der Waals surface area contributed by atoms with E-state index in [0.29, 0.717) is 6.42 Å². The highest BCUT2D eigenvalue weighted by Gasteiger charge is 2.20. The fraction of sp³-hybridized carbons (Fsp3) is 0.865. The SMILES string of the molecule is CCCCCCCCCCCCCCC/C=C/CC/C=C/C(O)C(CO)NC(=O)CC(O)CCCCCCCCCC. The second-order valence-electron chi connectivity index (χ2n) is 12.5. The molecule has 3 atom stereocenters. The van der Waals surface area contributed by atoms with Crippen molar-refractivity contribution in [3.8, 4) is 0 Å². The summed E-state index contributed by atoms with van der Waals surface area (Å²) >= 11 is 0. The Morgan fingerprint density at radius 1 is 0.595 bits per heavy atom. The topological polar surface area (TPSA) is 89.8 Å². The number of hydrogen-bond acceptors (Lipinski definition) is 4. The molecule has 0 aliphatic heterocycles. The highest BCUT2D eigenvalue weighted by molar-refractivity contribution is 5.76. The zero-order valence-electron chi connectivity index (χ0n) is 27.9. The highest BCUT2D eigenvalue weighted by atomic mass is 16.3. The van der Waals surface area contributed by atoms with Crippen LogP contribution in [-0.4, -0.2) is 46.1 Å². The van der Waals surface area contributed by atoms with Gasteiger partial charge >= 0.3 is 0 Å². The van der Waals surface area contributed by atoms with Crippen LogP contribution in [0.4, 0.5) is 0 Å². The third kappa shape index (κ3) is 28.9. The molecule has 0 aromatic heterocycles. The molecule has 0 aromatic rings. The molecular formula is C37H71NO4. The van der Waals surface area contributed by atoms with Gasteiger partial charge in [-0.2, -0.15) is 0 Å². The van der Waals surface area contributed by atoms with Gasteiger partial charge in [-0.15, -0.1) is 0 Å². The molecule has 42 heavy (non-hydrogen) atoms. The Morgan fingerprint density at radius 2 is 1.02 bits per heavy atom. The van der Waals surface area contributed by atoms with Crippen molar-refractivity contribution >= 4 is 5.91 Å². The molecule has 0 rings (SSSR count). The van der Waals surface area contributed by atoms with E-state index in [9.17, 15) is 20.1 Å². The lowest BCUT2D eigenvalue weighted by molar-refractivity contribution is -0.124. The maximum Gasteiger partial charge on any atom is 0.222 e. The summed E-state index contributed by atoms with van der Waals surface area (Å²) in [6.07, 6.45) is 37.4. The molecule has 0 saturated carbocycles. The number of carbonyl (C=O) groups is 1. The second kappa shape index (κ2) is 32.7. The fourth-order valence-corrected chi connectivity index (χ4v) is 5.41. The number of allylic oxidation sites excluding steroid dienone is 3. The Balaban J connectivity index is 3.75. The van der Waals surface area contributed by atoms with Crippen molar-refractivity contribution in [3.05, 3.63) is 24.3 Å². The number of rotatable bonds is 32. The first-order valence-corrected chi connectivity index (χ1v) is 18.1. The maximum atomic E-state index is 12.3. The van der Waals surface area contributed by atoms with Gasteiger partial charge in [0.15, 0.2) is 0 Å². The Kier molecular flexibility index (Phi) is 31.8. The Labute approximate surface area is 261 Å². The number of aliphatic hydroxyl groups is 3. The van der Waals surface area contributed by atoms with Crippen LogP contribution < -0.4 is 5.32 Å². The Bertz CT molecular complexity index is 621. The van der Waals surface area contributed by atoms with Crippen LogP contribution >= 0.6 is 0 Å². The van der Waals surface area contributed by atoms with E-state index in [0.717, 1.165) is 32.1 Å². The highest BCUT2D eigenvalue weighted by Crippen LogP contribution is 2.14. The zero-order chi connectivity index (χ0) is 30.9. The number of aliphatic hydroxyl groups excluding tert-OH is 3. The first kappa shape index (κ1) is 40.8. The van der Waals surface area contributed by atoms with Crippen molar-refractivity contribution in [1.29, 1.82) is 0 Å². The molecule has 0 fully saturated rings. The van der Waals surface area contributed by atoms with Crippen LogP contribution in [0.5, 0.6) is 0 Å². The number of carbonyl (C=O) groups excluding carboxylic acids is 1. The normalized spacial score (nSPS) is 14.1. The molecule has 0 bridgehead atoms. The van der Waals surface area contributed by atoms with Crippen LogP contribution in [0.1, 0.15) is 181 Å². The Morgan fingerprint density at radius 3 is 1.52 bits per heavy atom. The largest absolute Gasteiger partial charge is 0.394 e. The quantitative estimate of drug-likeness (QED) is 0.0462. The van der Waals surface area contributed by atoms with Gasteiger partial charge in [0.2, 0.25) is 5.91 Å². The van der Waals surface area contributed by atoms with E-state index in [2.05, 4.69) is 31.3 Å². The smallest absolute Gasteiger partial charge is 0.222 e. The van der Waals surface area contributed by atoms with E-state index in [-0.39, 0.29) is 18.9 Å². The van der Waals surface area contributed by atoms with Crippen LogP contribution in [0, 0.1) is 0 Å². The fourth-order valence-electron chi connectivity index (χ4n) is 5.41. The predicted molar refractivity (Wildman–Crippen MR) is 181 cm³/mol. The van der Waals surface area contributed by atoms with Crippen molar-refractivity contribution in [2.45, 2.75) is 199 Å². The average molecular weight is 594 g/mol. The number of amides is 1. The summed E-state index contributed by atoms with van der Waals surface area (Å²) in [5.41, 5.74) is 0. The number of nitrogens with one attached hydrogen (secondary N) is 1. The van der Waals surface area contributed by atoms with Gasteiger partial charge in [0.1, 0.15) is 0 Å². The van der Waals surface area contributed by atoms with Crippen molar-refractivity contribution in [2.75, 3.05) is 6.61 Å². The van der Waals surface area contributed by atoms with E-state index in [1.165, 1.54) is 122 Å². The van der Waals surface area contributed by atoms with Crippen LogP contribution in [0.3, 0.4) is 0 Å². The molecule has 5 nitrogen and oxygen atoms in total. The van der Waals surface area contributed by atoms with E-state index < -0.39 is 18.2 Å². The lowest BCUT2D eigenvalue weighted by Crippen LogP contribution is -2.45. The number of hydrogen-bond donors (Lipinski definition) is 4. The van der Waals surface area contributed by atoms with E-state index in [4.69, 9.17) is 0 Å². The average Bonchev–Trinajstić information content (AvgIpc) is 2.98. The molecule has 0 aliphatic rings. The molecule has 0 spiro atoms. The van der Waals surface area contributed by atoms with E-state index in [1.807, 2.05) is 6.08 Å². The maximum absolute atomic E-state index is 12.3. The monoisotopic (exact) mass is 594 g/mol. The summed E-state index contributed by atoms with van der Waals surface area (Å²) in [6, 6.07) is -0.754. The summed E-state index contributed by atoms with van der Waals surface area (Å²) in [5, 5.41) is 32.9. The predicted octanol–water partition coefficient (Wildman–Crippen LogP) is 9.48. The molecule has 4 N–H and O–H groups in total. The molecule has 1 amide bonds. The van der Waals surface area contributed by atoms with Crippen molar-refractivity contribution in [2.24, 2.45) is 0 Å².